The van der Waals surface area contributed by atoms with Gasteiger partial charge in [0.1, 0.15) is 5.82 Å². The molecule has 0 amide bonds. The van der Waals surface area contributed by atoms with Crippen LogP contribution in [-0.2, 0) is 11.6 Å². The average Bonchev–Trinajstić information content (AvgIpc) is 2.52. The smallest absolute Gasteiger partial charge is 0.160 e. The quantitative estimate of drug-likeness (QED) is 0.586. The van der Waals surface area contributed by atoms with Gasteiger partial charge in [-0.15, -0.1) is 10.3 Å². The van der Waals surface area contributed by atoms with Gasteiger partial charge in [-0.1, -0.05) is 36.4 Å². The first kappa shape index (κ1) is 18.3. The molecule has 127 valence electrons. The van der Waals surface area contributed by atoms with Crippen molar-refractivity contribution in [1.82, 2.24) is 5.06 Å². The Bertz CT molecular complexity index is 704. The molecule has 3 nitrogen and oxygen atoms in total. The van der Waals surface area contributed by atoms with Crippen molar-refractivity contribution in [3.05, 3.63) is 71.0 Å². The lowest BCUT2D eigenvalue weighted by Crippen LogP contribution is -2.41. The summed E-state index contributed by atoms with van der Waals surface area (Å²) in [5, 5.41) is 13.9. The minimum absolute atomic E-state index is 0.0309. The Kier molecular flexibility index (Phi) is 5.52. The van der Waals surface area contributed by atoms with E-state index in [0.717, 1.165) is 16.2 Å². The van der Waals surface area contributed by atoms with E-state index < -0.39 is 11.6 Å². The third kappa shape index (κ3) is 4.28. The molecule has 1 unspecified atom stereocenters. The topological polar surface area (TPSA) is 40.2 Å². The van der Waals surface area contributed by atoms with Crippen molar-refractivity contribution < 1.29 is 14.4 Å². The van der Waals surface area contributed by atoms with Crippen molar-refractivity contribution >= 4 is 5.78 Å². The van der Waals surface area contributed by atoms with Gasteiger partial charge in [-0.05, 0) is 57.4 Å². The minimum Gasteiger partial charge on any atom is -0.295 e. The second-order valence-electron chi connectivity index (χ2n) is 6.98. The predicted octanol–water partition coefficient (Wildman–Crippen LogP) is 4.76. The van der Waals surface area contributed by atoms with Gasteiger partial charge in [-0.2, -0.15) is 0 Å². The Balaban J connectivity index is 2.44. The summed E-state index contributed by atoms with van der Waals surface area (Å²) in [6, 6.07) is 12.8. The summed E-state index contributed by atoms with van der Waals surface area (Å²) in [4.78, 5) is 11.9. The van der Waals surface area contributed by atoms with Gasteiger partial charge in [0.25, 0.3) is 0 Å². The van der Waals surface area contributed by atoms with Crippen molar-refractivity contribution in [1.29, 1.82) is 0 Å². The maximum Gasteiger partial charge on any atom is 0.160 e. The number of halogens is 1. The van der Waals surface area contributed by atoms with Gasteiger partial charge in [0, 0.05) is 11.1 Å². The molecule has 0 aliphatic rings. The summed E-state index contributed by atoms with van der Waals surface area (Å²) in [5.41, 5.74) is 1.57. The van der Waals surface area contributed by atoms with Crippen LogP contribution < -0.4 is 0 Å². The fourth-order valence-corrected chi connectivity index (χ4v) is 2.74. The summed E-state index contributed by atoms with van der Waals surface area (Å²) < 4.78 is 13.2. The highest BCUT2D eigenvalue weighted by atomic mass is 19.1. The number of hydrogen-bond acceptors (Lipinski definition) is 2. The number of rotatable bonds is 5. The Morgan fingerprint density at radius 2 is 1.67 bits per heavy atom. The molecule has 2 rings (SSSR count). The fourth-order valence-electron chi connectivity index (χ4n) is 2.74. The van der Waals surface area contributed by atoms with Crippen LogP contribution in [0, 0.1) is 5.82 Å². The standard InChI is InChI=1S/C20H23FNO2/c1-14(23)18-8-6-5-7-16(18)13-19(22(24)20(2,3)4)15-9-11-17(21)12-10-15/h5-12,19H,13H2,1-4H3. The highest BCUT2D eigenvalue weighted by Crippen LogP contribution is 2.31. The van der Waals surface area contributed by atoms with Crippen molar-refractivity contribution in [3.8, 4) is 0 Å². The number of hydroxylamine groups is 2. The number of carbonyl (C=O) groups excluding carboxylic acids is 1. The number of Topliss-reactive ketones (excluding diaryl/α,β-unsaturated/α-hetero) is 1. The van der Waals surface area contributed by atoms with Gasteiger partial charge in [0.15, 0.2) is 5.78 Å². The third-order valence-electron chi connectivity index (χ3n) is 4.01. The number of ketones is 1. The molecule has 1 atom stereocenters. The SMILES string of the molecule is CC(=O)c1ccccc1CC(c1ccc(F)cc1)N([O])C(C)(C)C. The zero-order chi connectivity index (χ0) is 17.9. The molecule has 2 aromatic rings. The van der Waals surface area contributed by atoms with Crippen molar-refractivity contribution in [3.63, 3.8) is 0 Å². The molecule has 0 heterocycles. The molecule has 0 bridgehead atoms. The first-order valence-corrected chi connectivity index (χ1v) is 8.01. The molecule has 0 spiro atoms. The highest BCUT2D eigenvalue weighted by molar-refractivity contribution is 5.95. The molecule has 0 saturated heterocycles. The number of hydrogen-bond donors (Lipinski definition) is 0. The lowest BCUT2D eigenvalue weighted by atomic mass is 9.92. The molecule has 0 N–H and O–H groups in total. The van der Waals surface area contributed by atoms with E-state index in [4.69, 9.17) is 0 Å². The third-order valence-corrected chi connectivity index (χ3v) is 4.01. The van der Waals surface area contributed by atoms with E-state index in [-0.39, 0.29) is 11.6 Å². The Labute approximate surface area is 142 Å². The molecule has 0 fully saturated rings. The molecular formula is C20H23FNO2. The van der Waals surface area contributed by atoms with Gasteiger partial charge in [-0.3, -0.25) is 4.79 Å². The van der Waals surface area contributed by atoms with Crippen LogP contribution in [-0.4, -0.2) is 16.4 Å². The van der Waals surface area contributed by atoms with Gasteiger partial charge in [-0.25, -0.2) is 4.39 Å². The van der Waals surface area contributed by atoms with Gasteiger partial charge in [0.05, 0.1) is 6.04 Å². The maximum atomic E-state index is 13.2. The van der Waals surface area contributed by atoms with Crippen LogP contribution in [0.15, 0.2) is 48.5 Å². The largest absolute Gasteiger partial charge is 0.295 e. The molecule has 4 heteroatoms. The first-order chi connectivity index (χ1) is 11.2. The van der Waals surface area contributed by atoms with Crippen molar-refractivity contribution in [2.75, 3.05) is 0 Å². The average molecular weight is 328 g/mol. The Morgan fingerprint density at radius 1 is 1.08 bits per heavy atom. The second kappa shape index (κ2) is 7.24. The van der Waals surface area contributed by atoms with E-state index in [9.17, 15) is 14.4 Å². The molecule has 24 heavy (non-hydrogen) atoms. The van der Waals surface area contributed by atoms with E-state index >= 15 is 0 Å². The van der Waals surface area contributed by atoms with Gasteiger partial charge < -0.3 is 0 Å². The van der Waals surface area contributed by atoms with Crippen LogP contribution in [0.25, 0.3) is 0 Å². The van der Waals surface area contributed by atoms with Crippen LogP contribution in [0.2, 0.25) is 0 Å². The van der Waals surface area contributed by atoms with E-state index in [0.29, 0.717) is 12.0 Å². The second-order valence-corrected chi connectivity index (χ2v) is 6.98. The van der Waals surface area contributed by atoms with Crippen molar-refractivity contribution in [2.45, 2.75) is 45.7 Å². The molecular weight excluding hydrogens is 305 g/mol. The fraction of sp³-hybridized carbons (Fsp3) is 0.350. The van der Waals surface area contributed by atoms with Gasteiger partial charge in [0.2, 0.25) is 0 Å². The maximum absolute atomic E-state index is 13.2. The Hall–Kier alpha value is -2.04. The van der Waals surface area contributed by atoms with Crippen LogP contribution in [0.3, 0.4) is 0 Å². The lowest BCUT2D eigenvalue weighted by molar-refractivity contribution is -0.241. The van der Waals surface area contributed by atoms with E-state index in [1.54, 1.807) is 18.2 Å². The summed E-state index contributed by atoms with van der Waals surface area (Å²) in [7, 11) is 0. The summed E-state index contributed by atoms with van der Waals surface area (Å²) >= 11 is 0. The number of benzene rings is 2. The zero-order valence-electron chi connectivity index (χ0n) is 14.5. The summed E-state index contributed by atoms with van der Waals surface area (Å²) in [6.07, 6.45) is 0.391. The van der Waals surface area contributed by atoms with E-state index in [1.165, 1.54) is 19.1 Å². The van der Waals surface area contributed by atoms with Crippen LogP contribution in [0.1, 0.15) is 55.2 Å². The normalized spacial score (nSPS) is 13.1. The highest BCUT2D eigenvalue weighted by Gasteiger charge is 2.31. The summed E-state index contributed by atoms with van der Waals surface area (Å²) in [6.45, 7) is 7.04. The van der Waals surface area contributed by atoms with Crippen molar-refractivity contribution in [2.24, 2.45) is 0 Å². The number of nitrogens with zero attached hydrogens (tertiary/aromatic N) is 1. The Morgan fingerprint density at radius 3 is 2.21 bits per heavy atom. The summed E-state index contributed by atoms with van der Waals surface area (Å²) in [5.74, 6) is -0.369. The van der Waals surface area contributed by atoms with Crippen LogP contribution in [0.5, 0.6) is 0 Å². The molecule has 2 aromatic carbocycles. The molecule has 1 radical (unpaired) electrons. The first-order valence-electron chi connectivity index (χ1n) is 8.01. The van der Waals surface area contributed by atoms with Crippen LogP contribution >= 0.6 is 0 Å². The molecule has 0 aliphatic carbocycles. The molecule has 0 saturated carbocycles. The minimum atomic E-state index is -0.607. The predicted molar refractivity (Wildman–Crippen MR) is 91.6 cm³/mol. The zero-order valence-corrected chi connectivity index (χ0v) is 14.5. The molecule has 0 aromatic heterocycles. The van der Waals surface area contributed by atoms with E-state index in [1.807, 2.05) is 39.0 Å². The lowest BCUT2D eigenvalue weighted by Gasteiger charge is -2.35. The van der Waals surface area contributed by atoms with Gasteiger partial charge >= 0.3 is 0 Å². The number of carbonyl (C=O) groups is 1. The monoisotopic (exact) mass is 328 g/mol. The van der Waals surface area contributed by atoms with E-state index in [2.05, 4.69) is 0 Å². The van der Waals surface area contributed by atoms with Crippen LogP contribution in [0.4, 0.5) is 4.39 Å². The molecule has 0 aliphatic heterocycles.